The zero-order chi connectivity index (χ0) is 20.1. The molecule has 2 nitrogen and oxygen atoms in total. The number of hydrogen-bond donors (Lipinski definition) is 0. The SMILES string of the molecule is CCC(C)/C=C/C1CCC(c2ccc(-c3cc(F)c(N=O)c(F)c3)cc2)CC1. The second kappa shape index (κ2) is 9.22. The summed E-state index contributed by atoms with van der Waals surface area (Å²) in [6.45, 7) is 4.47. The molecule has 1 aliphatic carbocycles. The summed E-state index contributed by atoms with van der Waals surface area (Å²) < 4.78 is 27.6. The Hall–Kier alpha value is -2.36. The first-order chi connectivity index (χ1) is 13.5. The van der Waals surface area contributed by atoms with Crippen molar-refractivity contribution >= 4 is 5.69 Å². The number of halogens is 2. The van der Waals surface area contributed by atoms with Crippen LogP contribution >= 0.6 is 0 Å². The Bertz CT molecular complexity index is 813. The lowest BCUT2D eigenvalue weighted by atomic mass is 9.78. The van der Waals surface area contributed by atoms with Crippen LogP contribution in [0.2, 0.25) is 0 Å². The van der Waals surface area contributed by atoms with E-state index < -0.39 is 17.3 Å². The van der Waals surface area contributed by atoms with Gasteiger partial charge in [-0.15, -0.1) is 4.91 Å². The van der Waals surface area contributed by atoms with E-state index in [-0.39, 0.29) is 0 Å². The highest BCUT2D eigenvalue weighted by atomic mass is 19.1. The zero-order valence-electron chi connectivity index (χ0n) is 16.5. The number of nitrogens with zero attached hydrogens (tertiary/aromatic N) is 1. The van der Waals surface area contributed by atoms with Gasteiger partial charge >= 0.3 is 0 Å². The molecule has 2 aromatic rings. The minimum Gasteiger partial charge on any atom is -0.204 e. The lowest BCUT2D eigenvalue weighted by molar-refractivity contribution is 0.374. The molecule has 0 aliphatic heterocycles. The van der Waals surface area contributed by atoms with Gasteiger partial charge in [0.05, 0.1) is 0 Å². The summed E-state index contributed by atoms with van der Waals surface area (Å²) in [5.74, 6) is 0.00448. The molecule has 0 aromatic heterocycles. The van der Waals surface area contributed by atoms with Crippen molar-refractivity contribution in [1.29, 1.82) is 0 Å². The highest BCUT2D eigenvalue weighted by Crippen LogP contribution is 2.37. The van der Waals surface area contributed by atoms with E-state index in [1.54, 1.807) is 0 Å². The van der Waals surface area contributed by atoms with Gasteiger partial charge in [0.15, 0.2) is 17.3 Å². The van der Waals surface area contributed by atoms with Crippen molar-refractivity contribution in [1.82, 2.24) is 0 Å². The molecule has 0 heterocycles. The van der Waals surface area contributed by atoms with Crippen molar-refractivity contribution in [3.8, 4) is 11.1 Å². The van der Waals surface area contributed by atoms with E-state index in [1.165, 1.54) is 24.8 Å². The number of hydrogen-bond acceptors (Lipinski definition) is 2. The maximum Gasteiger partial charge on any atom is 0.179 e. The average molecular weight is 383 g/mol. The molecule has 2 aromatic carbocycles. The van der Waals surface area contributed by atoms with Crippen LogP contribution in [0.3, 0.4) is 0 Å². The molecule has 0 spiro atoms. The standard InChI is InChI=1S/C24H27F2NO/c1-3-16(2)4-5-17-6-8-18(9-7-17)19-10-12-20(13-11-19)21-14-22(25)24(27-28)23(26)15-21/h4-5,10-18H,3,6-9H2,1-2H3/b5-4+. The van der Waals surface area contributed by atoms with Crippen LogP contribution in [0.1, 0.15) is 57.4 Å². The average Bonchev–Trinajstić information content (AvgIpc) is 2.72. The maximum atomic E-state index is 13.8. The van der Waals surface area contributed by atoms with Gasteiger partial charge in [0.1, 0.15) is 0 Å². The second-order valence-electron chi connectivity index (χ2n) is 7.88. The molecule has 0 bridgehead atoms. The van der Waals surface area contributed by atoms with Crippen molar-refractivity contribution in [2.75, 3.05) is 0 Å². The Kier molecular flexibility index (Phi) is 6.71. The Labute approximate surface area is 165 Å². The van der Waals surface area contributed by atoms with Crippen LogP contribution in [0, 0.1) is 28.4 Å². The van der Waals surface area contributed by atoms with E-state index in [0.29, 0.717) is 23.3 Å². The van der Waals surface area contributed by atoms with Crippen LogP contribution in [0.5, 0.6) is 0 Å². The van der Waals surface area contributed by atoms with E-state index >= 15 is 0 Å². The van der Waals surface area contributed by atoms with Crippen LogP contribution < -0.4 is 0 Å². The molecule has 28 heavy (non-hydrogen) atoms. The fourth-order valence-electron chi connectivity index (χ4n) is 3.89. The van der Waals surface area contributed by atoms with Crippen molar-refractivity contribution in [2.45, 2.75) is 51.9 Å². The molecule has 1 aliphatic rings. The zero-order valence-corrected chi connectivity index (χ0v) is 16.5. The molecular formula is C24H27F2NO. The summed E-state index contributed by atoms with van der Waals surface area (Å²) in [5, 5.41) is 2.41. The molecule has 0 saturated heterocycles. The van der Waals surface area contributed by atoms with Gasteiger partial charge in [-0.1, -0.05) is 56.7 Å². The maximum absolute atomic E-state index is 13.8. The van der Waals surface area contributed by atoms with Crippen LogP contribution in [-0.2, 0) is 0 Å². The molecular weight excluding hydrogens is 356 g/mol. The minimum absolute atomic E-state index is 0.410. The Morgan fingerprint density at radius 3 is 2.18 bits per heavy atom. The number of allylic oxidation sites excluding steroid dienone is 2. The van der Waals surface area contributed by atoms with Crippen LogP contribution in [0.15, 0.2) is 53.7 Å². The smallest absolute Gasteiger partial charge is 0.179 e. The molecule has 4 heteroatoms. The van der Waals surface area contributed by atoms with Crippen molar-refractivity contribution in [2.24, 2.45) is 17.0 Å². The molecule has 1 fully saturated rings. The predicted octanol–water partition coefficient (Wildman–Crippen LogP) is 7.91. The van der Waals surface area contributed by atoms with Crippen molar-refractivity contribution in [3.05, 3.63) is 70.7 Å². The Morgan fingerprint density at radius 1 is 1.04 bits per heavy atom. The quantitative estimate of drug-likeness (QED) is 0.368. The lowest BCUT2D eigenvalue weighted by Crippen LogP contribution is -2.12. The lowest BCUT2D eigenvalue weighted by Gasteiger charge is -2.27. The van der Waals surface area contributed by atoms with Gasteiger partial charge in [0.25, 0.3) is 0 Å². The molecule has 0 amide bonds. The van der Waals surface area contributed by atoms with Crippen LogP contribution in [0.25, 0.3) is 11.1 Å². The molecule has 1 atom stereocenters. The normalized spacial score (nSPS) is 21.0. The topological polar surface area (TPSA) is 29.4 Å². The Balaban J connectivity index is 1.66. The minimum atomic E-state index is -0.933. The third kappa shape index (κ3) is 4.73. The highest BCUT2D eigenvalue weighted by Gasteiger charge is 2.21. The van der Waals surface area contributed by atoms with Gasteiger partial charge in [0.2, 0.25) is 0 Å². The third-order valence-corrected chi connectivity index (χ3v) is 5.95. The first-order valence-corrected chi connectivity index (χ1v) is 10.1. The van der Waals surface area contributed by atoms with Crippen LogP contribution in [0.4, 0.5) is 14.5 Å². The number of nitroso groups, excluding NO2 is 1. The van der Waals surface area contributed by atoms with Crippen molar-refractivity contribution in [3.63, 3.8) is 0 Å². The molecule has 1 saturated carbocycles. The summed E-state index contributed by atoms with van der Waals surface area (Å²) in [7, 11) is 0. The molecule has 3 rings (SSSR count). The van der Waals surface area contributed by atoms with Crippen molar-refractivity contribution < 1.29 is 8.78 Å². The van der Waals surface area contributed by atoms with E-state index in [4.69, 9.17) is 0 Å². The molecule has 0 radical (unpaired) electrons. The summed E-state index contributed by atoms with van der Waals surface area (Å²) in [6.07, 6.45) is 10.7. The number of benzene rings is 2. The van der Waals surface area contributed by atoms with Gasteiger partial charge in [0, 0.05) is 0 Å². The second-order valence-corrected chi connectivity index (χ2v) is 7.88. The highest BCUT2D eigenvalue weighted by molar-refractivity contribution is 5.66. The van der Waals surface area contributed by atoms with E-state index in [0.717, 1.165) is 30.5 Å². The van der Waals surface area contributed by atoms with Gasteiger partial charge in [-0.05, 0) is 77.4 Å². The first kappa shape index (κ1) is 20.4. The van der Waals surface area contributed by atoms with E-state index in [9.17, 15) is 13.7 Å². The molecule has 148 valence electrons. The third-order valence-electron chi connectivity index (χ3n) is 5.95. The summed E-state index contributed by atoms with van der Waals surface area (Å²) >= 11 is 0. The summed E-state index contributed by atoms with van der Waals surface area (Å²) in [6, 6.07) is 10.2. The number of rotatable bonds is 6. The largest absolute Gasteiger partial charge is 0.204 e. The van der Waals surface area contributed by atoms with Gasteiger partial charge in [-0.3, -0.25) is 0 Å². The van der Waals surface area contributed by atoms with E-state index in [1.807, 2.05) is 12.1 Å². The van der Waals surface area contributed by atoms with Gasteiger partial charge in [-0.2, -0.15) is 0 Å². The first-order valence-electron chi connectivity index (χ1n) is 10.1. The fraction of sp³-hybridized carbons (Fsp3) is 0.417. The van der Waals surface area contributed by atoms with Gasteiger partial charge in [-0.25, -0.2) is 8.78 Å². The van der Waals surface area contributed by atoms with Crippen LogP contribution in [-0.4, -0.2) is 0 Å². The molecule has 1 unspecified atom stereocenters. The van der Waals surface area contributed by atoms with Gasteiger partial charge < -0.3 is 0 Å². The Morgan fingerprint density at radius 2 is 1.64 bits per heavy atom. The van der Waals surface area contributed by atoms with E-state index in [2.05, 4.69) is 43.3 Å². The summed E-state index contributed by atoms with van der Waals surface area (Å²) in [4.78, 5) is 10.5. The summed E-state index contributed by atoms with van der Waals surface area (Å²) in [5.41, 5.74) is 1.65. The molecule has 0 N–H and O–H groups in total. The fourth-order valence-corrected chi connectivity index (χ4v) is 3.89. The predicted molar refractivity (Wildman–Crippen MR) is 111 cm³/mol. The monoisotopic (exact) mass is 383 g/mol.